The summed E-state index contributed by atoms with van der Waals surface area (Å²) in [4.78, 5) is 7.44. The summed E-state index contributed by atoms with van der Waals surface area (Å²) in [6.07, 6.45) is 3.63. The van der Waals surface area contributed by atoms with Crippen molar-refractivity contribution in [1.82, 2.24) is 9.97 Å². The molecule has 16 heavy (non-hydrogen) atoms. The van der Waals surface area contributed by atoms with Gasteiger partial charge in [0.25, 0.3) is 0 Å². The molecule has 3 nitrogen and oxygen atoms in total. The van der Waals surface area contributed by atoms with E-state index < -0.39 is 0 Å². The van der Waals surface area contributed by atoms with E-state index in [1.54, 1.807) is 13.3 Å². The van der Waals surface area contributed by atoms with Crippen LogP contribution in [0.15, 0.2) is 30.6 Å². The summed E-state index contributed by atoms with van der Waals surface area (Å²) < 4.78 is 5.32. The first-order chi connectivity index (χ1) is 7.74. The van der Waals surface area contributed by atoms with Gasteiger partial charge in [0.05, 0.1) is 7.11 Å². The van der Waals surface area contributed by atoms with Crippen LogP contribution >= 0.6 is 0 Å². The second-order valence-electron chi connectivity index (χ2n) is 3.87. The Morgan fingerprint density at radius 1 is 1.38 bits per heavy atom. The van der Waals surface area contributed by atoms with Gasteiger partial charge in [-0.3, -0.25) is 0 Å². The smallest absolute Gasteiger partial charge is 0.122 e. The van der Waals surface area contributed by atoms with Gasteiger partial charge in [0.15, 0.2) is 0 Å². The summed E-state index contributed by atoms with van der Waals surface area (Å²) in [7, 11) is 1.70. The Balaban J connectivity index is 2.41. The molecular formula is C13H16N2O. The largest absolute Gasteiger partial charge is 0.496 e. The molecule has 0 radical (unpaired) electrons. The summed E-state index contributed by atoms with van der Waals surface area (Å²) in [5, 5.41) is 0. The molecule has 2 rings (SSSR count). The van der Waals surface area contributed by atoms with Gasteiger partial charge in [-0.1, -0.05) is 19.1 Å². The summed E-state index contributed by atoms with van der Waals surface area (Å²) in [5.41, 5.74) is 2.42. The number of nitrogens with zero attached hydrogens (tertiary/aromatic N) is 1. The topological polar surface area (TPSA) is 37.9 Å². The van der Waals surface area contributed by atoms with Crippen molar-refractivity contribution in [2.75, 3.05) is 7.11 Å². The van der Waals surface area contributed by atoms with E-state index in [1.807, 2.05) is 18.3 Å². The second-order valence-corrected chi connectivity index (χ2v) is 3.87. The lowest BCUT2D eigenvalue weighted by Gasteiger charge is -2.14. The lowest BCUT2D eigenvalue weighted by Crippen LogP contribution is -2.02. The fourth-order valence-corrected chi connectivity index (χ4v) is 1.98. The number of ether oxygens (including phenoxy) is 1. The van der Waals surface area contributed by atoms with Crippen LogP contribution in [0.5, 0.6) is 5.75 Å². The summed E-state index contributed by atoms with van der Waals surface area (Å²) in [6.45, 7) is 4.22. The van der Waals surface area contributed by atoms with Crippen LogP contribution < -0.4 is 4.74 Å². The first-order valence-electron chi connectivity index (χ1n) is 5.36. The van der Waals surface area contributed by atoms with Crippen LogP contribution in [0, 0.1) is 6.92 Å². The maximum absolute atomic E-state index is 5.32. The number of H-pyrrole nitrogens is 1. The van der Waals surface area contributed by atoms with Crippen LogP contribution in [0.3, 0.4) is 0 Å². The number of methoxy groups -OCH3 is 1. The molecule has 0 saturated heterocycles. The highest BCUT2D eigenvalue weighted by atomic mass is 16.5. The van der Waals surface area contributed by atoms with E-state index in [9.17, 15) is 0 Å². The van der Waals surface area contributed by atoms with Crippen LogP contribution in [0.2, 0.25) is 0 Å². The van der Waals surface area contributed by atoms with Crippen molar-refractivity contribution >= 4 is 0 Å². The summed E-state index contributed by atoms with van der Waals surface area (Å²) in [6, 6.07) is 6.11. The standard InChI is InChI=1S/C13H16N2O/c1-9-11(5-4-6-12(9)16-3)10(2)13-14-7-8-15-13/h4-8,10H,1-3H3,(H,14,15). The highest BCUT2D eigenvalue weighted by Crippen LogP contribution is 2.29. The molecule has 0 aliphatic heterocycles. The van der Waals surface area contributed by atoms with E-state index in [0.717, 1.165) is 11.6 Å². The third-order valence-electron chi connectivity index (χ3n) is 2.94. The molecule has 0 fully saturated rings. The van der Waals surface area contributed by atoms with Crippen molar-refractivity contribution in [2.45, 2.75) is 19.8 Å². The third kappa shape index (κ3) is 1.81. The predicted octanol–water partition coefficient (Wildman–Crippen LogP) is 2.88. The molecule has 0 saturated carbocycles. The molecular weight excluding hydrogens is 200 g/mol. The molecule has 1 aromatic heterocycles. The van der Waals surface area contributed by atoms with Crippen molar-refractivity contribution < 1.29 is 4.74 Å². The molecule has 0 spiro atoms. The molecule has 0 bridgehead atoms. The van der Waals surface area contributed by atoms with E-state index >= 15 is 0 Å². The fraction of sp³-hybridized carbons (Fsp3) is 0.308. The van der Waals surface area contributed by atoms with Crippen LogP contribution in [0.25, 0.3) is 0 Å². The molecule has 0 amide bonds. The van der Waals surface area contributed by atoms with Gasteiger partial charge in [-0.2, -0.15) is 0 Å². The molecule has 1 unspecified atom stereocenters. The monoisotopic (exact) mass is 216 g/mol. The Bertz CT molecular complexity index is 463. The average molecular weight is 216 g/mol. The van der Waals surface area contributed by atoms with Gasteiger partial charge in [0.2, 0.25) is 0 Å². The predicted molar refractivity (Wildman–Crippen MR) is 63.8 cm³/mol. The summed E-state index contributed by atoms with van der Waals surface area (Å²) in [5.74, 6) is 2.16. The maximum atomic E-state index is 5.32. The molecule has 1 heterocycles. The number of rotatable bonds is 3. The molecule has 1 atom stereocenters. The van der Waals surface area contributed by atoms with Crippen molar-refractivity contribution in [3.63, 3.8) is 0 Å². The van der Waals surface area contributed by atoms with Crippen LogP contribution in [0.1, 0.15) is 29.8 Å². The minimum Gasteiger partial charge on any atom is -0.496 e. The van der Waals surface area contributed by atoms with Gasteiger partial charge < -0.3 is 9.72 Å². The van der Waals surface area contributed by atoms with Crippen LogP contribution in [-0.4, -0.2) is 17.1 Å². The second kappa shape index (κ2) is 4.39. The number of benzene rings is 1. The molecule has 0 aliphatic carbocycles. The Hall–Kier alpha value is -1.77. The molecule has 84 valence electrons. The van der Waals surface area contributed by atoms with Gasteiger partial charge in [-0.15, -0.1) is 0 Å². The zero-order valence-corrected chi connectivity index (χ0v) is 9.82. The Kier molecular flexibility index (Phi) is 2.95. The van der Waals surface area contributed by atoms with Gasteiger partial charge in [0, 0.05) is 18.3 Å². The zero-order valence-electron chi connectivity index (χ0n) is 9.82. The van der Waals surface area contributed by atoms with Gasteiger partial charge in [0.1, 0.15) is 11.6 Å². The minimum absolute atomic E-state index is 0.255. The van der Waals surface area contributed by atoms with Gasteiger partial charge in [-0.05, 0) is 24.1 Å². The van der Waals surface area contributed by atoms with Gasteiger partial charge in [-0.25, -0.2) is 4.98 Å². The first-order valence-corrected chi connectivity index (χ1v) is 5.36. The quantitative estimate of drug-likeness (QED) is 0.856. The normalized spacial score (nSPS) is 12.4. The molecule has 3 heteroatoms. The molecule has 1 aromatic carbocycles. The lowest BCUT2D eigenvalue weighted by molar-refractivity contribution is 0.411. The van der Waals surface area contributed by atoms with Crippen LogP contribution in [0.4, 0.5) is 0 Å². The lowest BCUT2D eigenvalue weighted by atomic mass is 9.95. The van der Waals surface area contributed by atoms with Gasteiger partial charge >= 0.3 is 0 Å². The van der Waals surface area contributed by atoms with Crippen molar-refractivity contribution in [3.05, 3.63) is 47.5 Å². The highest BCUT2D eigenvalue weighted by Gasteiger charge is 2.14. The first kappa shape index (κ1) is 10.7. The molecule has 1 N–H and O–H groups in total. The number of imidazole rings is 1. The number of aromatic nitrogens is 2. The Morgan fingerprint density at radius 3 is 2.81 bits per heavy atom. The average Bonchev–Trinajstić information content (AvgIpc) is 2.82. The fourth-order valence-electron chi connectivity index (χ4n) is 1.98. The number of nitrogens with one attached hydrogen (secondary N) is 1. The number of hydrogen-bond acceptors (Lipinski definition) is 2. The van der Waals surface area contributed by atoms with E-state index in [1.165, 1.54) is 11.1 Å². The molecule has 0 aliphatic rings. The zero-order chi connectivity index (χ0) is 11.5. The maximum Gasteiger partial charge on any atom is 0.122 e. The van der Waals surface area contributed by atoms with Crippen molar-refractivity contribution in [3.8, 4) is 5.75 Å². The van der Waals surface area contributed by atoms with E-state index in [-0.39, 0.29) is 5.92 Å². The number of aromatic amines is 1. The Morgan fingerprint density at radius 2 is 2.19 bits per heavy atom. The highest BCUT2D eigenvalue weighted by molar-refractivity contribution is 5.42. The minimum atomic E-state index is 0.255. The van der Waals surface area contributed by atoms with E-state index in [4.69, 9.17) is 4.74 Å². The van der Waals surface area contributed by atoms with E-state index in [0.29, 0.717) is 0 Å². The Labute approximate surface area is 95.5 Å². The van der Waals surface area contributed by atoms with Crippen molar-refractivity contribution in [2.24, 2.45) is 0 Å². The number of hydrogen-bond donors (Lipinski definition) is 1. The van der Waals surface area contributed by atoms with Crippen LogP contribution in [-0.2, 0) is 0 Å². The SMILES string of the molecule is COc1cccc(C(C)c2ncc[nH]2)c1C. The third-order valence-corrected chi connectivity index (χ3v) is 2.94. The van der Waals surface area contributed by atoms with E-state index in [2.05, 4.69) is 29.9 Å². The molecule has 2 aromatic rings. The van der Waals surface area contributed by atoms with Crippen molar-refractivity contribution in [1.29, 1.82) is 0 Å². The summed E-state index contributed by atoms with van der Waals surface area (Å²) >= 11 is 0.